The monoisotopic (exact) mass is 253 g/mol. The number of aliphatic hydroxyl groups is 2. The number of nitrogens with two attached hydrogens (primary N) is 1. The largest absolute Gasteiger partial charge is 0.388 e. The van der Waals surface area contributed by atoms with Crippen molar-refractivity contribution < 1.29 is 19.7 Å². The van der Waals surface area contributed by atoms with Gasteiger partial charge in [0.15, 0.2) is 18.0 Å². The van der Waals surface area contributed by atoms with Crippen LogP contribution in [-0.4, -0.2) is 52.0 Å². The van der Waals surface area contributed by atoms with E-state index in [2.05, 4.69) is 10.3 Å². The summed E-state index contributed by atoms with van der Waals surface area (Å²) in [6.07, 6.45) is -2.08. The maximum Gasteiger partial charge on any atom is 0.198 e. The van der Waals surface area contributed by atoms with E-state index >= 15 is 0 Å². The molecule has 7 bridgehead atoms. The molecule has 6 rings (SSSR count). The summed E-state index contributed by atoms with van der Waals surface area (Å²) in [7, 11) is 0. The van der Waals surface area contributed by atoms with E-state index in [9.17, 15) is 10.2 Å². The van der Waals surface area contributed by atoms with Gasteiger partial charge in [-0.3, -0.25) is 0 Å². The normalized spacial score (nSPS) is 70.4. The van der Waals surface area contributed by atoms with Crippen LogP contribution >= 0.6 is 0 Å². The number of aliphatic imine (C=N–C) groups is 1. The van der Waals surface area contributed by atoms with E-state index in [1.807, 2.05) is 6.92 Å². The number of rotatable bonds is 0. The number of hydrogen-bond acceptors (Lipinski definition) is 7. The Kier molecular flexibility index (Phi) is 1.33. The Morgan fingerprint density at radius 3 is 3.00 bits per heavy atom. The van der Waals surface area contributed by atoms with Gasteiger partial charge in [-0.15, -0.1) is 0 Å². The second-order valence-electron chi connectivity index (χ2n) is 6.17. The molecule has 98 valence electrons. The number of ether oxygens (including phenoxy) is 2. The molecule has 0 aromatic carbocycles. The topological polar surface area (TPSA) is 109 Å². The van der Waals surface area contributed by atoms with Gasteiger partial charge in [0.1, 0.15) is 17.7 Å². The first-order valence-electron chi connectivity index (χ1n) is 6.35. The predicted octanol–water partition coefficient (Wildman–Crippen LogP) is -2.29. The summed E-state index contributed by atoms with van der Waals surface area (Å²) < 4.78 is 11.5. The molecule has 4 aliphatic heterocycles. The molecule has 0 amide bonds. The molecule has 5 fully saturated rings. The summed E-state index contributed by atoms with van der Waals surface area (Å²) in [5.74, 6) is -1.08. The maximum absolute atomic E-state index is 10.7. The summed E-state index contributed by atoms with van der Waals surface area (Å²) >= 11 is 0. The smallest absolute Gasteiger partial charge is 0.198 e. The highest BCUT2D eigenvalue weighted by molar-refractivity contribution is 5.81. The van der Waals surface area contributed by atoms with Crippen molar-refractivity contribution in [1.82, 2.24) is 5.32 Å². The summed E-state index contributed by atoms with van der Waals surface area (Å²) in [5, 5.41) is 24.4. The van der Waals surface area contributed by atoms with Gasteiger partial charge in [-0.25, -0.2) is 4.99 Å². The lowest BCUT2D eigenvalue weighted by Gasteiger charge is -2.49. The number of hydrogen-bond donors (Lipinski definition) is 4. The highest BCUT2D eigenvalue weighted by Gasteiger charge is 2.88. The van der Waals surface area contributed by atoms with Gasteiger partial charge in [-0.1, -0.05) is 6.92 Å². The molecule has 2 aliphatic carbocycles. The first-order valence-corrected chi connectivity index (χ1v) is 6.35. The predicted molar refractivity (Wildman–Crippen MR) is 58.1 cm³/mol. The molecule has 7 heteroatoms. The fraction of sp³-hybridized carbons (Fsp3) is 0.909. The maximum atomic E-state index is 10.7. The third-order valence-corrected chi connectivity index (χ3v) is 5.63. The van der Waals surface area contributed by atoms with Gasteiger partial charge in [0.05, 0.1) is 6.10 Å². The average Bonchev–Trinajstić information content (AvgIpc) is 2.73. The van der Waals surface area contributed by atoms with Gasteiger partial charge in [-0.05, 0) is 5.92 Å². The molecular formula is C11H15N3O4. The van der Waals surface area contributed by atoms with Crippen LogP contribution in [0.3, 0.4) is 0 Å². The summed E-state index contributed by atoms with van der Waals surface area (Å²) in [5.41, 5.74) is 5.03. The van der Waals surface area contributed by atoms with Crippen molar-refractivity contribution in [2.45, 2.75) is 42.8 Å². The Morgan fingerprint density at radius 2 is 2.22 bits per heavy atom. The minimum atomic E-state index is -1.31. The second-order valence-corrected chi connectivity index (χ2v) is 6.17. The highest BCUT2D eigenvalue weighted by atomic mass is 16.7. The van der Waals surface area contributed by atoms with Gasteiger partial charge in [0.2, 0.25) is 0 Å². The summed E-state index contributed by atoms with van der Waals surface area (Å²) in [4.78, 5) is 4.24. The van der Waals surface area contributed by atoms with Crippen LogP contribution in [0.15, 0.2) is 4.99 Å². The first kappa shape index (κ1) is 9.96. The van der Waals surface area contributed by atoms with E-state index in [4.69, 9.17) is 15.2 Å². The van der Waals surface area contributed by atoms with Gasteiger partial charge >= 0.3 is 0 Å². The molecule has 6 aliphatic rings. The Hall–Kier alpha value is -0.890. The minimum absolute atomic E-state index is 0.0565. The van der Waals surface area contributed by atoms with Crippen molar-refractivity contribution in [1.29, 1.82) is 0 Å². The van der Waals surface area contributed by atoms with E-state index in [0.717, 1.165) is 0 Å². The van der Waals surface area contributed by atoms with Crippen LogP contribution in [0.2, 0.25) is 0 Å². The van der Waals surface area contributed by atoms with Crippen LogP contribution in [0.4, 0.5) is 0 Å². The lowest BCUT2D eigenvalue weighted by atomic mass is 9.65. The molecule has 9 atom stereocenters. The standard InChI is InChI=1S/C11H15N3O4/c1-2-3-4-7-13-9(12)14-10(4)6(15)5(2)18-11(3,16)8(10)17-7/h2-8,15-16H,1H3,(H3,12,13,14)/t2-,3+,4-,5-,6+,7+,8+,10-,11+/m1/s1. The molecule has 4 heterocycles. The van der Waals surface area contributed by atoms with E-state index in [-0.39, 0.29) is 36.0 Å². The Balaban J connectivity index is 1.79. The zero-order valence-electron chi connectivity index (χ0n) is 9.78. The molecular weight excluding hydrogens is 238 g/mol. The first-order chi connectivity index (χ1) is 8.50. The van der Waals surface area contributed by atoms with Gasteiger partial charge in [-0.2, -0.15) is 0 Å². The molecule has 3 saturated heterocycles. The molecule has 0 aromatic rings. The number of nitrogens with one attached hydrogen (secondary N) is 1. The molecule has 5 N–H and O–H groups in total. The van der Waals surface area contributed by atoms with Crippen molar-refractivity contribution in [2.75, 3.05) is 0 Å². The SMILES string of the molecule is C[C@H]1[C@H]2O[C@@]3(O)[C@@H]1[C@@H]1[C@H]4N=C(N)N[C@@]1([C@@H]3O4)[C@H]2O. The molecule has 0 radical (unpaired) electrons. The molecule has 1 spiro atoms. The molecule has 18 heavy (non-hydrogen) atoms. The summed E-state index contributed by atoms with van der Waals surface area (Å²) in [6, 6.07) is 0. The number of guanidine groups is 1. The van der Waals surface area contributed by atoms with Gasteiger partial charge in [0, 0.05) is 11.8 Å². The van der Waals surface area contributed by atoms with E-state index in [1.165, 1.54) is 0 Å². The van der Waals surface area contributed by atoms with Crippen LogP contribution in [-0.2, 0) is 9.47 Å². The zero-order chi connectivity index (χ0) is 12.4. The van der Waals surface area contributed by atoms with E-state index in [0.29, 0.717) is 0 Å². The van der Waals surface area contributed by atoms with E-state index < -0.39 is 23.5 Å². The second kappa shape index (κ2) is 2.40. The summed E-state index contributed by atoms with van der Waals surface area (Å²) in [6.45, 7) is 2.01. The van der Waals surface area contributed by atoms with Crippen LogP contribution in [0, 0.1) is 17.8 Å². The van der Waals surface area contributed by atoms with Crippen LogP contribution in [0.25, 0.3) is 0 Å². The van der Waals surface area contributed by atoms with Crippen molar-refractivity contribution in [2.24, 2.45) is 28.5 Å². The van der Waals surface area contributed by atoms with Crippen molar-refractivity contribution in [3.05, 3.63) is 0 Å². The fourth-order valence-electron chi connectivity index (χ4n) is 5.17. The zero-order valence-corrected chi connectivity index (χ0v) is 9.78. The Labute approximate surface area is 103 Å². The van der Waals surface area contributed by atoms with Gasteiger partial charge in [0.25, 0.3) is 0 Å². The molecule has 0 unspecified atom stereocenters. The quantitative estimate of drug-likeness (QED) is 0.387. The third kappa shape index (κ3) is 0.668. The fourth-order valence-corrected chi connectivity index (χ4v) is 5.17. The Bertz CT molecular complexity index is 499. The number of aliphatic hydroxyl groups excluding tert-OH is 1. The minimum Gasteiger partial charge on any atom is -0.388 e. The lowest BCUT2D eigenvalue weighted by Crippen LogP contribution is -2.74. The van der Waals surface area contributed by atoms with Crippen LogP contribution in [0.1, 0.15) is 6.92 Å². The van der Waals surface area contributed by atoms with Crippen LogP contribution in [0.5, 0.6) is 0 Å². The molecule has 2 saturated carbocycles. The molecule has 0 aromatic heterocycles. The highest BCUT2D eigenvalue weighted by Crippen LogP contribution is 2.69. The van der Waals surface area contributed by atoms with Crippen LogP contribution < -0.4 is 11.1 Å². The lowest BCUT2D eigenvalue weighted by molar-refractivity contribution is -0.308. The van der Waals surface area contributed by atoms with Crippen molar-refractivity contribution in [3.63, 3.8) is 0 Å². The number of nitrogens with zero attached hydrogens (tertiary/aromatic N) is 1. The third-order valence-electron chi connectivity index (χ3n) is 5.63. The van der Waals surface area contributed by atoms with Crippen molar-refractivity contribution in [3.8, 4) is 0 Å². The van der Waals surface area contributed by atoms with Gasteiger partial charge < -0.3 is 30.7 Å². The Morgan fingerprint density at radius 1 is 1.44 bits per heavy atom. The average molecular weight is 253 g/mol. The van der Waals surface area contributed by atoms with E-state index in [1.54, 1.807) is 0 Å². The van der Waals surface area contributed by atoms with Crippen molar-refractivity contribution >= 4 is 5.96 Å². The molecule has 7 nitrogen and oxygen atoms in total.